The Morgan fingerprint density at radius 3 is 2.65 bits per heavy atom. The van der Waals surface area contributed by atoms with E-state index in [2.05, 4.69) is 23.2 Å². The van der Waals surface area contributed by atoms with Crippen molar-refractivity contribution in [3.63, 3.8) is 0 Å². The lowest BCUT2D eigenvalue weighted by Crippen LogP contribution is -2.18. The van der Waals surface area contributed by atoms with Crippen molar-refractivity contribution in [2.75, 3.05) is 19.4 Å². The molecule has 1 N–H and O–H groups in total. The summed E-state index contributed by atoms with van der Waals surface area (Å²) in [7, 11) is 4.06. The lowest BCUT2D eigenvalue weighted by atomic mass is 10.1. The Hall–Kier alpha value is -1.35. The lowest BCUT2D eigenvalue weighted by molar-refractivity contribution is -0.117. The van der Waals surface area contributed by atoms with Crippen LogP contribution in [0.5, 0.6) is 0 Å². The van der Waals surface area contributed by atoms with Crippen LogP contribution in [0.4, 0.5) is 5.69 Å². The molecule has 1 aliphatic rings. The highest BCUT2D eigenvalue weighted by Gasteiger charge is 2.39. The molecule has 0 saturated heterocycles. The predicted octanol–water partition coefficient (Wildman–Crippen LogP) is 2.34. The summed E-state index contributed by atoms with van der Waals surface area (Å²) in [5.41, 5.74) is 2.12. The minimum Gasteiger partial charge on any atom is -0.326 e. The molecular weight excluding hydrogens is 212 g/mol. The molecular formula is C14H20N2O. The van der Waals surface area contributed by atoms with E-state index in [-0.39, 0.29) is 11.8 Å². The van der Waals surface area contributed by atoms with E-state index in [0.29, 0.717) is 5.92 Å². The maximum atomic E-state index is 11.9. The van der Waals surface area contributed by atoms with Crippen LogP contribution in [0.3, 0.4) is 0 Å². The number of benzene rings is 1. The van der Waals surface area contributed by atoms with Gasteiger partial charge < -0.3 is 10.2 Å². The normalized spacial score (nSPS) is 22.6. The molecule has 1 aromatic carbocycles. The number of carbonyl (C=O) groups is 1. The average Bonchev–Trinajstić information content (AvgIpc) is 2.98. The first-order valence-corrected chi connectivity index (χ1v) is 6.11. The summed E-state index contributed by atoms with van der Waals surface area (Å²) < 4.78 is 0. The van der Waals surface area contributed by atoms with Gasteiger partial charge in [-0.25, -0.2) is 0 Å². The van der Waals surface area contributed by atoms with E-state index in [9.17, 15) is 4.79 Å². The number of anilines is 1. The molecule has 3 nitrogen and oxygen atoms in total. The fraction of sp³-hybridized carbons (Fsp3) is 0.500. The van der Waals surface area contributed by atoms with Gasteiger partial charge in [-0.05, 0) is 38.1 Å². The van der Waals surface area contributed by atoms with E-state index in [1.54, 1.807) is 0 Å². The molecule has 92 valence electrons. The molecule has 1 fully saturated rings. The third-order valence-electron chi connectivity index (χ3n) is 3.21. The second kappa shape index (κ2) is 4.88. The first-order valence-electron chi connectivity index (χ1n) is 6.11. The average molecular weight is 232 g/mol. The second-order valence-corrected chi connectivity index (χ2v) is 5.20. The number of hydrogen-bond donors (Lipinski definition) is 1. The summed E-state index contributed by atoms with van der Waals surface area (Å²) in [6, 6.07) is 8.01. The molecule has 0 aromatic heterocycles. The quantitative estimate of drug-likeness (QED) is 0.864. The molecule has 2 unspecified atom stereocenters. The highest BCUT2D eigenvalue weighted by molar-refractivity contribution is 5.95. The summed E-state index contributed by atoms with van der Waals surface area (Å²) in [5, 5.41) is 3.04. The Morgan fingerprint density at radius 2 is 2.06 bits per heavy atom. The molecule has 0 bridgehead atoms. The van der Waals surface area contributed by atoms with Crippen LogP contribution < -0.4 is 5.32 Å². The summed E-state index contributed by atoms with van der Waals surface area (Å²) in [5.74, 6) is 0.946. The van der Waals surface area contributed by atoms with Crippen LogP contribution in [0.1, 0.15) is 18.9 Å². The fourth-order valence-corrected chi connectivity index (χ4v) is 2.03. The van der Waals surface area contributed by atoms with Gasteiger partial charge in [-0.2, -0.15) is 0 Å². The molecule has 1 amide bonds. The van der Waals surface area contributed by atoms with Crippen LogP contribution in [-0.4, -0.2) is 24.9 Å². The van der Waals surface area contributed by atoms with Crippen LogP contribution in [-0.2, 0) is 11.3 Å². The van der Waals surface area contributed by atoms with Gasteiger partial charge in [0.25, 0.3) is 0 Å². The zero-order chi connectivity index (χ0) is 12.4. The number of nitrogens with one attached hydrogen (secondary N) is 1. The van der Waals surface area contributed by atoms with E-state index in [0.717, 1.165) is 18.7 Å². The van der Waals surface area contributed by atoms with Crippen LogP contribution >= 0.6 is 0 Å². The van der Waals surface area contributed by atoms with Crippen molar-refractivity contribution in [2.45, 2.75) is 19.9 Å². The predicted molar refractivity (Wildman–Crippen MR) is 69.7 cm³/mol. The molecule has 0 radical (unpaired) electrons. The molecule has 0 spiro atoms. The highest BCUT2D eigenvalue weighted by atomic mass is 16.2. The number of para-hydroxylation sites is 1. The summed E-state index contributed by atoms with van der Waals surface area (Å²) >= 11 is 0. The van der Waals surface area contributed by atoms with Crippen LogP contribution in [0.15, 0.2) is 24.3 Å². The monoisotopic (exact) mass is 232 g/mol. The summed E-state index contributed by atoms with van der Waals surface area (Å²) in [4.78, 5) is 14.0. The first-order chi connectivity index (χ1) is 8.08. The van der Waals surface area contributed by atoms with E-state index >= 15 is 0 Å². The molecule has 1 saturated carbocycles. The Labute approximate surface area is 103 Å². The van der Waals surface area contributed by atoms with Gasteiger partial charge >= 0.3 is 0 Å². The summed E-state index contributed by atoms with van der Waals surface area (Å²) in [6.45, 7) is 2.96. The van der Waals surface area contributed by atoms with Crippen molar-refractivity contribution in [2.24, 2.45) is 11.8 Å². The minimum absolute atomic E-state index is 0.170. The Bertz CT molecular complexity index is 414. The van der Waals surface area contributed by atoms with Gasteiger partial charge in [-0.3, -0.25) is 4.79 Å². The number of rotatable bonds is 4. The Kier molecular flexibility index (Phi) is 3.48. The Balaban J connectivity index is 2.06. The SMILES string of the molecule is CC1CC1C(=O)Nc1ccccc1CN(C)C. The molecule has 0 heterocycles. The number of nitrogens with zero attached hydrogens (tertiary/aromatic N) is 1. The maximum Gasteiger partial charge on any atom is 0.227 e. The minimum atomic E-state index is 0.170. The van der Waals surface area contributed by atoms with Crippen molar-refractivity contribution in [3.05, 3.63) is 29.8 Å². The van der Waals surface area contributed by atoms with Gasteiger partial charge in [-0.15, -0.1) is 0 Å². The van der Waals surface area contributed by atoms with E-state index in [4.69, 9.17) is 0 Å². The van der Waals surface area contributed by atoms with Crippen molar-refractivity contribution < 1.29 is 4.79 Å². The van der Waals surface area contributed by atoms with Crippen molar-refractivity contribution in [1.82, 2.24) is 4.90 Å². The molecule has 1 aliphatic carbocycles. The van der Waals surface area contributed by atoms with Gasteiger partial charge in [-0.1, -0.05) is 25.1 Å². The van der Waals surface area contributed by atoms with Crippen LogP contribution in [0.25, 0.3) is 0 Å². The molecule has 3 heteroatoms. The third-order valence-corrected chi connectivity index (χ3v) is 3.21. The number of carbonyl (C=O) groups excluding carboxylic acids is 1. The van der Waals surface area contributed by atoms with E-state index < -0.39 is 0 Å². The van der Waals surface area contributed by atoms with Crippen LogP contribution in [0, 0.1) is 11.8 Å². The molecule has 0 aliphatic heterocycles. The number of amides is 1. The molecule has 1 aromatic rings. The topological polar surface area (TPSA) is 32.3 Å². The van der Waals surface area contributed by atoms with E-state index in [1.165, 1.54) is 5.56 Å². The second-order valence-electron chi connectivity index (χ2n) is 5.20. The van der Waals surface area contributed by atoms with Crippen molar-refractivity contribution in [3.8, 4) is 0 Å². The molecule has 2 atom stereocenters. The van der Waals surface area contributed by atoms with Gasteiger partial charge in [0.05, 0.1) is 0 Å². The lowest BCUT2D eigenvalue weighted by Gasteiger charge is -2.14. The van der Waals surface area contributed by atoms with Gasteiger partial charge in [0.15, 0.2) is 0 Å². The summed E-state index contributed by atoms with van der Waals surface area (Å²) in [6.07, 6.45) is 1.03. The van der Waals surface area contributed by atoms with Crippen molar-refractivity contribution in [1.29, 1.82) is 0 Å². The smallest absolute Gasteiger partial charge is 0.227 e. The first kappa shape index (κ1) is 12.1. The largest absolute Gasteiger partial charge is 0.326 e. The molecule has 17 heavy (non-hydrogen) atoms. The van der Waals surface area contributed by atoms with Gasteiger partial charge in [0.1, 0.15) is 0 Å². The van der Waals surface area contributed by atoms with Crippen molar-refractivity contribution >= 4 is 11.6 Å². The fourth-order valence-electron chi connectivity index (χ4n) is 2.03. The standard InChI is InChI=1S/C14H20N2O/c1-10-8-12(10)14(17)15-13-7-5-4-6-11(13)9-16(2)3/h4-7,10,12H,8-9H2,1-3H3,(H,15,17). The Morgan fingerprint density at radius 1 is 1.41 bits per heavy atom. The highest BCUT2D eigenvalue weighted by Crippen LogP contribution is 2.38. The third kappa shape index (κ3) is 3.07. The van der Waals surface area contributed by atoms with E-state index in [1.807, 2.05) is 32.3 Å². The van der Waals surface area contributed by atoms with Gasteiger partial charge in [0, 0.05) is 18.2 Å². The van der Waals surface area contributed by atoms with Crippen LogP contribution in [0.2, 0.25) is 0 Å². The molecule has 2 rings (SSSR count). The maximum absolute atomic E-state index is 11.9. The zero-order valence-electron chi connectivity index (χ0n) is 10.7. The van der Waals surface area contributed by atoms with Gasteiger partial charge in [0.2, 0.25) is 5.91 Å². The number of hydrogen-bond acceptors (Lipinski definition) is 2. The zero-order valence-corrected chi connectivity index (χ0v) is 10.7.